The molecule has 2 rings (SSSR count). The van der Waals surface area contributed by atoms with Crippen molar-refractivity contribution in [1.82, 2.24) is 9.78 Å². The number of hydrogen-bond donors (Lipinski definition) is 1. The van der Waals surface area contributed by atoms with E-state index in [4.69, 9.17) is 0 Å². The Morgan fingerprint density at radius 3 is 2.44 bits per heavy atom. The van der Waals surface area contributed by atoms with Gasteiger partial charge in [-0.05, 0) is 30.0 Å². The van der Waals surface area contributed by atoms with Crippen molar-refractivity contribution in [2.24, 2.45) is 0 Å². The number of H-pyrrole nitrogens is 1. The van der Waals surface area contributed by atoms with Gasteiger partial charge in [-0.3, -0.25) is 9.89 Å². The average molecular weight is 244 g/mol. The van der Waals surface area contributed by atoms with Crippen molar-refractivity contribution in [2.45, 2.75) is 39.5 Å². The van der Waals surface area contributed by atoms with Gasteiger partial charge in [-0.1, -0.05) is 39.3 Å². The van der Waals surface area contributed by atoms with Crippen LogP contribution in [0.25, 0.3) is 5.69 Å². The molecule has 96 valence electrons. The summed E-state index contributed by atoms with van der Waals surface area (Å²) in [7, 11) is 0. The quantitative estimate of drug-likeness (QED) is 0.880. The second kappa shape index (κ2) is 5.25. The zero-order chi connectivity index (χ0) is 13.1. The summed E-state index contributed by atoms with van der Waals surface area (Å²) < 4.78 is 1.61. The van der Waals surface area contributed by atoms with E-state index in [0.29, 0.717) is 5.92 Å². The van der Waals surface area contributed by atoms with E-state index in [9.17, 15) is 4.79 Å². The van der Waals surface area contributed by atoms with Crippen molar-refractivity contribution < 1.29 is 0 Å². The highest BCUT2D eigenvalue weighted by molar-refractivity contribution is 5.35. The summed E-state index contributed by atoms with van der Waals surface area (Å²) >= 11 is 0. The largest absolute Gasteiger partial charge is 0.295 e. The molecule has 0 aliphatic rings. The second-order valence-electron chi connectivity index (χ2n) is 4.95. The molecule has 0 aliphatic heterocycles. The van der Waals surface area contributed by atoms with Gasteiger partial charge < -0.3 is 0 Å². The summed E-state index contributed by atoms with van der Waals surface area (Å²) in [6.45, 7) is 6.43. The monoisotopic (exact) mass is 244 g/mol. The minimum atomic E-state index is 0.00995. The van der Waals surface area contributed by atoms with Crippen LogP contribution in [0.1, 0.15) is 44.4 Å². The molecular formula is C15H20N2O. The van der Waals surface area contributed by atoms with Gasteiger partial charge in [0.25, 0.3) is 5.56 Å². The smallest absolute Gasteiger partial charge is 0.271 e. The fraction of sp³-hybridized carbons (Fsp3) is 0.400. The summed E-state index contributed by atoms with van der Waals surface area (Å²) in [6, 6.07) is 9.81. The van der Waals surface area contributed by atoms with Crippen molar-refractivity contribution in [2.75, 3.05) is 0 Å². The highest BCUT2D eigenvalue weighted by Crippen LogP contribution is 2.15. The van der Waals surface area contributed by atoms with Crippen LogP contribution < -0.4 is 5.56 Å². The number of hydrogen-bond acceptors (Lipinski definition) is 1. The van der Waals surface area contributed by atoms with Crippen molar-refractivity contribution in [3.63, 3.8) is 0 Å². The molecule has 1 heterocycles. The Bertz CT molecular complexity index is 561. The Kier molecular flexibility index (Phi) is 3.70. The molecule has 3 heteroatoms. The number of aryl methyl sites for hydroxylation is 1. The van der Waals surface area contributed by atoms with Gasteiger partial charge in [0, 0.05) is 11.8 Å². The van der Waals surface area contributed by atoms with Crippen LogP contribution in [0.5, 0.6) is 0 Å². The first-order valence-electron chi connectivity index (χ1n) is 6.53. The molecule has 0 amide bonds. The average Bonchev–Trinajstić information content (AvgIpc) is 2.71. The Morgan fingerprint density at radius 2 is 1.89 bits per heavy atom. The Labute approximate surface area is 107 Å². The molecule has 0 unspecified atom stereocenters. The maximum atomic E-state index is 11.9. The number of benzene rings is 1. The Balaban J connectivity index is 2.33. The first-order valence-corrected chi connectivity index (χ1v) is 6.53. The van der Waals surface area contributed by atoms with Crippen LogP contribution in [0.3, 0.4) is 0 Å². The van der Waals surface area contributed by atoms with Gasteiger partial charge in [-0.15, -0.1) is 0 Å². The zero-order valence-corrected chi connectivity index (χ0v) is 11.2. The fourth-order valence-electron chi connectivity index (χ4n) is 2.04. The number of aromatic amines is 1. The third kappa shape index (κ3) is 2.55. The molecule has 0 saturated heterocycles. The Hall–Kier alpha value is -1.77. The van der Waals surface area contributed by atoms with Gasteiger partial charge in [0.1, 0.15) is 0 Å². The van der Waals surface area contributed by atoms with Gasteiger partial charge in [0.05, 0.1) is 5.69 Å². The number of nitrogens with zero attached hydrogens (tertiary/aromatic N) is 1. The van der Waals surface area contributed by atoms with Gasteiger partial charge in [-0.25, -0.2) is 4.68 Å². The van der Waals surface area contributed by atoms with E-state index in [2.05, 4.69) is 38.0 Å². The van der Waals surface area contributed by atoms with E-state index in [0.717, 1.165) is 24.2 Å². The molecule has 3 nitrogen and oxygen atoms in total. The third-order valence-electron chi connectivity index (χ3n) is 3.11. The van der Waals surface area contributed by atoms with Crippen LogP contribution >= 0.6 is 0 Å². The summed E-state index contributed by atoms with van der Waals surface area (Å²) in [5.74, 6) is 0.509. The lowest BCUT2D eigenvalue weighted by Gasteiger charge is -2.07. The molecule has 1 N–H and O–H groups in total. The molecule has 0 saturated carbocycles. The molecule has 0 aliphatic carbocycles. The van der Waals surface area contributed by atoms with Crippen LogP contribution in [0.2, 0.25) is 0 Å². The lowest BCUT2D eigenvalue weighted by Crippen LogP contribution is -2.13. The van der Waals surface area contributed by atoms with E-state index in [1.165, 1.54) is 5.56 Å². The van der Waals surface area contributed by atoms with Crippen LogP contribution in [0.15, 0.2) is 35.1 Å². The van der Waals surface area contributed by atoms with Gasteiger partial charge in [-0.2, -0.15) is 0 Å². The molecule has 1 aromatic heterocycles. The number of nitrogens with one attached hydrogen (secondary N) is 1. The summed E-state index contributed by atoms with van der Waals surface area (Å²) in [6.07, 6.45) is 1.94. The van der Waals surface area contributed by atoms with E-state index in [-0.39, 0.29) is 5.56 Å². The minimum Gasteiger partial charge on any atom is -0.295 e. The lowest BCUT2D eigenvalue weighted by atomic mass is 10.0. The Morgan fingerprint density at radius 1 is 1.22 bits per heavy atom. The molecular weight excluding hydrogens is 224 g/mol. The van der Waals surface area contributed by atoms with Gasteiger partial charge in [0.2, 0.25) is 0 Å². The standard InChI is InChI=1S/C15H20N2O/c1-4-5-13-10-15(18)17(16-13)14-8-6-12(7-9-14)11(2)3/h6-11,16H,4-5H2,1-3H3. The third-order valence-corrected chi connectivity index (χ3v) is 3.11. The van der Waals surface area contributed by atoms with Gasteiger partial charge in [0.15, 0.2) is 0 Å². The van der Waals surface area contributed by atoms with Gasteiger partial charge >= 0.3 is 0 Å². The van der Waals surface area contributed by atoms with E-state index < -0.39 is 0 Å². The number of aromatic nitrogens is 2. The molecule has 1 aromatic carbocycles. The van der Waals surface area contributed by atoms with Crippen molar-refractivity contribution >= 4 is 0 Å². The van der Waals surface area contributed by atoms with Crippen LogP contribution in [-0.2, 0) is 6.42 Å². The highest BCUT2D eigenvalue weighted by atomic mass is 16.1. The molecule has 0 bridgehead atoms. The first-order chi connectivity index (χ1) is 8.61. The van der Waals surface area contributed by atoms with Crippen LogP contribution in [-0.4, -0.2) is 9.78 Å². The predicted molar refractivity (Wildman–Crippen MR) is 74.5 cm³/mol. The number of rotatable bonds is 4. The van der Waals surface area contributed by atoms with Crippen LogP contribution in [0.4, 0.5) is 0 Å². The van der Waals surface area contributed by atoms with E-state index in [1.54, 1.807) is 10.7 Å². The lowest BCUT2D eigenvalue weighted by molar-refractivity contribution is 0.791. The van der Waals surface area contributed by atoms with Crippen LogP contribution in [0, 0.1) is 0 Å². The molecule has 0 spiro atoms. The summed E-state index contributed by atoms with van der Waals surface area (Å²) in [4.78, 5) is 11.9. The minimum absolute atomic E-state index is 0.00995. The van der Waals surface area contributed by atoms with E-state index >= 15 is 0 Å². The second-order valence-corrected chi connectivity index (χ2v) is 4.95. The van der Waals surface area contributed by atoms with Crippen molar-refractivity contribution in [1.29, 1.82) is 0 Å². The maximum absolute atomic E-state index is 11.9. The zero-order valence-electron chi connectivity index (χ0n) is 11.2. The van der Waals surface area contributed by atoms with Crippen molar-refractivity contribution in [3.05, 3.63) is 51.9 Å². The van der Waals surface area contributed by atoms with E-state index in [1.807, 2.05) is 12.1 Å². The maximum Gasteiger partial charge on any atom is 0.271 e. The SMILES string of the molecule is CCCc1cc(=O)n(-c2ccc(C(C)C)cc2)[nH]1. The molecule has 18 heavy (non-hydrogen) atoms. The topological polar surface area (TPSA) is 37.8 Å². The molecule has 0 fully saturated rings. The first kappa shape index (κ1) is 12.7. The molecule has 0 radical (unpaired) electrons. The predicted octanol–water partition coefficient (Wildman–Crippen LogP) is 3.24. The highest BCUT2D eigenvalue weighted by Gasteiger charge is 2.05. The normalized spacial score (nSPS) is 11.1. The summed E-state index contributed by atoms with van der Waals surface area (Å²) in [5, 5.41) is 3.15. The van der Waals surface area contributed by atoms with Crippen molar-refractivity contribution in [3.8, 4) is 5.69 Å². The molecule has 0 atom stereocenters. The summed E-state index contributed by atoms with van der Waals surface area (Å²) in [5.41, 5.74) is 3.19. The fourth-order valence-corrected chi connectivity index (χ4v) is 2.04. The molecule has 2 aromatic rings.